The average molecular weight is 234 g/mol. The molecule has 17 heavy (non-hydrogen) atoms. The molecule has 0 saturated carbocycles. The van der Waals surface area contributed by atoms with Crippen molar-refractivity contribution in [3.63, 3.8) is 0 Å². The highest BCUT2D eigenvalue weighted by Crippen LogP contribution is 2.19. The summed E-state index contributed by atoms with van der Waals surface area (Å²) >= 11 is 0. The van der Waals surface area contributed by atoms with Crippen LogP contribution in [0.3, 0.4) is 0 Å². The van der Waals surface area contributed by atoms with Gasteiger partial charge in [0.1, 0.15) is 12.4 Å². The summed E-state index contributed by atoms with van der Waals surface area (Å²) in [7, 11) is 0. The number of hydrogen-bond acceptors (Lipinski definition) is 3. The van der Waals surface area contributed by atoms with Crippen molar-refractivity contribution in [3.8, 4) is 5.75 Å². The van der Waals surface area contributed by atoms with Gasteiger partial charge in [-0.25, -0.2) is 0 Å². The quantitative estimate of drug-likeness (QED) is 0.846. The number of ether oxygens (including phenoxy) is 1. The van der Waals surface area contributed by atoms with E-state index in [0.717, 1.165) is 24.5 Å². The molecule has 3 heteroatoms. The normalized spacial score (nSPS) is 16.4. The second-order valence-electron chi connectivity index (χ2n) is 4.70. The van der Waals surface area contributed by atoms with Crippen LogP contribution in [0.15, 0.2) is 18.2 Å². The van der Waals surface area contributed by atoms with E-state index in [1.165, 1.54) is 31.5 Å². The lowest BCUT2D eigenvalue weighted by molar-refractivity contribution is 0.236. The second kappa shape index (κ2) is 6.03. The molecule has 0 spiro atoms. The smallest absolute Gasteiger partial charge is 0.122 e. The molecule has 0 aromatic heterocycles. The van der Waals surface area contributed by atoms with Gasteiger partial charge in [0, 0.05) is 13.1 Å². The molecule has 1 aromatic carbocycles. The zero-order valence-corrected chi connectivity index (χ0v) is 10.6. The van der Waals surface area contributed by atoms with Crippen LogP contribution in [0.2, 0.25) is 0 Å². The van der Waals surface area contributed by atoms with E-state index in [4.69, 9.17) is 10.5 Å². The predicted octanol–water partition coefficient (Wildman–Crippen LogP) is 1.93. The van der Waals surface area contributed by atoms with E-state index < -0.39 is 0 Å². The highest BCUT2D eigenvalue weighted by Gasteiger charge is 2.11. The van der Waals surface area contributed by atoms with Gasteiger partial charge in [0.25, 0.3) is 0 Å². The van der Waals surface area contributed by atoms with Gasteiger partial charge >= 0.3 is 0 Å². The average Bonchev–Trinajstić information content (AvgIpc) is 2.84. The van der Waals surface area contributed by atoms with E-state index in [2.05, 4.69) is 30.0 Å². The number of nitrogens with two attached hydrogens (primary N) is 1. The van der Waals surface area contributed by atoms with Gasteiger partial charge in [-0.05, 0) is 50.0 Å². The van der Waals surface area contributed by atoms with Gasteiger partial charge in [0.05, 0.1) is 0 Å². The van der Waals surface area contributed by atoms with Crippen molar-refractivity contribution in [2.45, 2.75) is 26.3 Å². The van der Waals surface area contributed by atoms with Crippen LogP contribution in [0.5, 0.6) is 5.75 Å². The van der Waals surface area contributed by atoms with Crippen LogP contribution in [0.1, 0.15) is 24.0 Å². The number of nitrogens with zero attached hydrogens (tertiary/aromatic N) is 1. The first-order chi connectivity index (χ1) is 8.29. The summed E-state index contributed by atoms with van der Waals surface area (Å²) in [5, 5.41) is 0. The molecule has 94 valence electrons. The Morgan fingerprint density at radius 2 is 2.06 bits per heavy atom. The van der Waals surface area contributed by atoms with Crippen LogP contribution >= 0.6 is 0 Å². The molecular formula is C14H22N2O. The number of aryl methyl sites for hydroxylation is 1. The van der Waals surface area contributed by atoms with Crippen LogP contribution in [-0.4, -0.2) is 31.1 Å². The molecule has 1 fully saturated rings. The largest absolute Gasteiger partial charge is 0.492 e. The van der Waals surface area contributed by atoms with Crippen LogP contribution in [0.4, 0.5) is 0 Å². The molecule has 0 unspecified atom stereocenters. The van der Waals surface area contributed by atoms with Crippen molar-refractivity contribution in [1.82, 2.24) is 4.90 Å². The van der Waals surface area contributed by atoms with Gasteiger partial charge in [0.2, 0.25) is 0 Å². The summed E-state index contributed by atoms with van der Waals surface area (Å²) in [6.45, 7) is 6.91. The molecule has 1 aliphatic rings. The summed E-state index contributed by atoms with van der Waals surface area (Å²) < 4.78 is 5.84. The van der Waals surface area contributed by atoms with Crippen LogP contribution in [0, 0.1) is 6.92 Å². The van der Waals surface area contributed by atoms with E-state index in [-0.39, 0.29) is 0 Å². The molecule has 0 aliphatic carbocycles. The third-order valence-corrected chi connectivity index (χ3v) is 3.35. The summed E-state index contributed by atoms with van der Waals surface area (Å²) in [5.41, 5.74) is 7.95. The Kier molecular flexibility index (Phi) is 4.40. The van der Waals surface area contributed by atoms with Crippen molar-refractivity contribution in [1.29, 1.82) is 0 Å². The molecule has 1 aromatic rings. The van der Waals surface area contributed by atoms with Gasteiger partial charge in [-0.3, -0.25) is 4.90 Å². The van der Waals surface area contributed by atoms with Gasteiger partial charge in [-0.1, -0.05) is 12.1 Å². The van der Waals surface area contributed by atoms with Gasteiger partial charge in [-0.15, -0.1) is 0 Å². The lowest BCUT2D eigenvalue weighted by Gasteiger charge is -2.16. The maximum Gasteiger partial charge on any atom is 0.122 e. The summed E-state index contributed by atoms with van der Waals surface area (Å²) in [6.07, 6.45) is 2.67. The summed E-state index contributed by atoms with van der Waals surface area (Å²) in [4.78, 5) is 2.46. The fourth-order valence-corrected chi connectivity index (χ4v) is 2.22. The van der Waals surface area contributed by atoms with Gasteiger partial charge in [0.15, 0.2) is 0 Å². The van der Waals surface area contributed by atoms with Gasteiger partial charge in [-0.2, -0.15) is 0 Å². The predicted molar refractivity (Wildman–Crippen MR) is 70.2 cm³/mol. The third-order valence-electron chi connectivity index (χ3n) is 3.35. The first-order valence-corrected chi connectivity index (χ1v) is 6.44. The molecule has 1 heterocycles. The minimum absolute atomic E-state index is 0.572. The number of likely N-dealkylation sites (tertiary alicyclic amines) is 1. The molecule has 2 rings (SSSR count). The Morgan fingerprint density at radius 3 is 2.76 bits per heavy atom. The SMILES string of the molecule is Cc1ccc(CN)cc1OCCN1CCCC1. The summed E-state index contributed by atoms with van der Waals surface area (Å²) in [5.74, 6) is 0.979. The van der Waals surface area contributed by atoms with E-state index in [1.54, 1.807) is 0 Å². The molecule has 0 atom stereocenters. The van der Waals surface area contributed by atoms with E-state index in [1.807, 2.05) is 0 Å². The Hall–Kier alpha value is -1.06. The minimum Gasteiger partial charge on any atom is -0.492 e. The molecule has 1 saturated heterocycles. The van der Waals surface area contributed by atoms with E-state index >= 15 is 0 Å². The Morgan fingerprint density at radius 1 is 1.29 bits per heavy atom. The minimum atomic E-state index is 0.572. The van der Waals surface area contributed by atoms with Crippen LogP contribution < -0.4 is 10.5 Å². The van der Waals surface area contributed by atoms with E-state index in [0.29, 0.717) is 6.54 Å². The molecule has 0 radical (unpaired) electrons. The van der Waals surface area contributed by atoms with Crippen LogP contribution in [-0.2, 0) is 6.54 Å². The molecule has 0 amide bonds. The highest BCUT2D eigenvalue weighted by atomic mass is 16.5. The molecule has 0 bridgehead atoms. The van der Waals surface area contributed by atoms with E-state index in [9.17, 15) is 0 Å². The number of rotatable bonds is 5. The molecule has 1 aliphatic heterocycles. The maximum atomic E-state index is 5.84. The zero-order valence-electron chi connectivity index (χ0n) is 10.6. The Bertz CT molecular complexity index is 359. The van der Waals surface area contributed by atoms with Crippen molar-refractivity contribution in [2.75, 3.05) is 26.2 Å². The second-order valence-corrected chi connectivity index (χ2v) is 4.70. The lowest BCUT2D eigenvalue weighted by atomic mass is 10.1. The van der Waals surface area contributed by atoms with Crippen molar-refractivity contribution in [3.05, 3.63) is 29.3 Å². The summed E-state index contributed by atoms with van der Waals surface area (Å²) in [6, 6.07) is 6.19. The topological polar surface area (TPSA) is 38.5 Å². The monoisotopic (exact) mass is 234 g/mol. The fourth-order valence-electron chi connectivity index (χ4n) is 2.22. The van der Waals surface area contributed by atoms with Gasteiger partial charge < -0.3 is 10.5 Å². The number of hydrogen-bond donors (Lipinski definition) is 1. The first-order valence-electron chi connectivity index (χ1n) is 6.44. The standard InChI is InChI=1S/C14H22N2O/c1-12-4-5-13(11-15)10-14(12)17-9-8-16-6-2-3-7-16/h4-5,10H,2-3,6-9,11,15H2,1H3. The molecular weight excluding hydrogens is 212 g/mol. The third kappa shape index (κ3) is 3.45. The number of benzene rings is 1. The van der Waals surface area contributed by atoms with Crippen molar-refractivity contribution >= 4 is 0 Å². The Labute approximate surface area is 104 Å². The van der Waals surface area contributed by atoms with Crippen molar-refractivity contribution < 1.29 is 4.74 Å². The molecule has 2 N–H and O–H groups in total. The van der Waals surface area contributed by atoms with Crippen LogP contribution in [0.25, 0.3) is 0 Å². The lowest BCUT2D eigenvalue weighted by Crippen LogP contribution is -2.25. The zero-order chi connectivity index (χ0) is 12.1. The highest BCUT2D eigenvalue weighted by molar-refractivity contribution is 5.36. The molecule has 3 nitrogen and oxygen atoms in total. The van der Waals surface area contributed by atoms with Crippen molar-refractivity contribution in [2.24, 2.45) is 5.73 Å². The maximum absolute atomic E-state index is 5.84. The first kappa shape index (κ1) is 12.4. The Balaban J connectivity index is 1.84. The fraction of sp³-hybridized carbons (Fsp3) is 0.571.